The number of unbranched alkanes of at least 4 members (excludes halogenated alkanes) is 1. The number of hydrogen-bond donors (Lipinski definition) is 4. The molecule has 2 amide bonds. The Morgan fingerprint density at radius 1 is 1.18 bits per heavy atom. The monoisotopic (exact) mass is 555 g/mol. The number of rotatable bonds is 13. The molecule has 2 heterocycles. The van der Waals surface area contributed by atoms with Gasteiger partial charge in [-0.25, -0.2) is 14.4 Å². The summed E-state index contributed by atoms with van der Waals surface area (Å²) in [4.78, 5) is 50.7. The van der Waals surface area contributed by atoms with Crippen molar-refractivity contribution in [3.05, 3.63) is 27.4 Å². The zero-order chi connectivity index (χ0) is 28.5. The summed E-state index contributed by atoms with van der Waals surface area (Å²) in [5.74, 6) is -1.22. The number of carboxylic acids is 1. The fourth-order valence-corrected chi connectivity index (χ4v) is 3.80. The topological polar surface area (TPSA) is 166 Å². The molecule has 0 saturated carbocycles. The van der Waals surface area contributed by atoms with Crippen molar-refractivity contribution in [1.82, 2.24) is 24.8 Å². The number of aromatic amines is 1. The maximum Gasteiger partial charge on any atom is 0.409 e. The van der Waals surface area contributed by atoms with Crippen molar-refractivity contribution in [3.63, 3.8) is 0 Å². The molecule has 2 rings (SSSR count). The molecule has 14 heteroatoms. The van der Waals surface area contributed by atoms with Gasteiger partial charge in [-0.05, 0) is 72.2 Å². The van der Waals surface area contributed by atoms with Gasteiger partial charge in [-0.2, -0.15) is 0 Å². The summed E-state index contributed by atoms with van der Waals surface area (Å²) in [6.45, 7) is 9.89. The first-order valence-electron chi connectivity index (χ1n) is 12.3. The number of hydrogen-bond acceptors (Lipinski definition) is 8. The molecule has 0 aliphatic heterocycles. The second-order valence-corrected chi connectivity index (χ2v) is 10.3. The lowest BCUT2D eigenvalue weighted by molar-refractivity contribution is -0.139. The van der Waals surface area contributed by atoms with Crippen molar-refractivity contribution < 1.29 is 33.7 Å². The van der Waals surface area contributed by atoms with Gasteiger partial charge in [0.25, 0.3) is 5.56 Å². The molecule has 0 fully saturated rings. The van der Waals surface area contributed by atoms with Crippen LogP contribution in [0.2, 0.25) is 0 Å². The highest BCUT2D eigenvalue weighted by molar-refractivity contribution is 7.71. The van der Waals surface area contributed by atoms with Crippen LogP contribution >= 0.6 is 12.2 Å². The van der Waals surface area contributed by atoms with Crippen LogP contribution < -0.4 is 16.2 Å². The molecule has 0 bridgehead atoms. The number of ether oxygens (including phenoxy) is 3. The van der Waals surface area contributed by atoms with Crippen LogP contribution in [0.3, 0.4) is 0 Å². The van der Waals surface area contributed by atoms with E-state index in [1.807, 2.05) is 13.8 Å². The van der Waals surface area contributed by atoms with E-state index in [9.17, 15) is 24.3 Å². The molecule has 38 heavy (non-hydrogen) atoms. The fraction of sp³-hybridized carbons (Fsp3) is 0.625. The number of carbonyl (C=O) groups is 3. The van der Waals surface area contributed by atoms with E-state index < -0.39 is 35.4 Å². The zero-order valence-corrected chi connectivity index (χ0v) is 23.2. The van der Waals surface area contributed by atoms with Gasteiger partial charge in [0.05, 0.1) is 18.2 Å². The Labute approximate surface area is 225 Å². The molecule has 212 valence electrons. The minimum Gasteiger partial charge on any atom is -0.480 e. The van der Waals surface area contributed by atoms with Crippen LogP contribution in [0.25, 0.3) is 11.0 Å². The first-order valence-corrected chi connectivity index (χ1v) is 12.8. The highest BCUT2D eigenvalue weighted by Gasteiger charge is 2.21. The minimum atomic E-state index is -1.22. The van der Waals surface area contributed by atoms with Crippen LogP contribution in [0.15, 0.2) is 17.1 Å². The first kappa shape index (κ1) is 30.8. The van der Waals surface area contributed by atoms with Crippen molar-refractivity contribution in [2.75, 3.05) is 13.2 Å². The standard InChI is InChI=1S/C24H37N5O8S/c1-15(2)35-13-12-29-17-9-11-28(18(17)19(30)27-21(29)38)14-36-23(34)26-16(20(31)32)8-6-7-10-25-22(33)37-24(3,4)5/h9,11,15-16H,6-8,10,12-14H2,1-5H3,(H,25,33)(H,26,34)(H,31,32)(H,27,30,38)/t16-/m0/s1. The highest BCUT2D eigenvalue weighted by Crippen LogP contribution is 2.13. The molecule has 0 aliphatic rings. The van der Waals surface area contributed by atoms with Gasteiger partial charge < -0.3 is 39.1 Å². The lowest BCUT2D eigenvalue weighted by Gasteiger charge is -2.19. The van der Waals surface area contributed by atoms with Gasteiger partial charge in [0.2, 0.25) is 0 Å². The first-order chi connectivity index (χ1) is 17.8. The highest BCUT2D eigenvalue weighted by atomic mass is 32.1. The fourth-order valence-electron chi connectivity index (χ4n) is 3.52. The quantitative estimate of drug-likeness (QED) is 0.214. The molecule has 0 aliphatic carbocycles. The number of fused-ring (bicyclic) bond motifs is 1. The number of aliphatic carboxylic acids is 1. The summed E-state index contributed by atoms with van der Waals surface area (Å²) >= 11 is 5.28. The van der Waals surface area contributed by atoms with E-state index in [4.69, 9.17) is 26.4 Å². The van der Waals surface area contributed by atoms with Gasteiger partial charge in [-0.3, -0.25) is 9.78 Å². The Hall–Kier alpha value is -3.39. The zero-order valence-electron chi connectivity index (χ0n) is 22.4. The van der Waals surface area contributed by atoms with Crippen molar-refractivity contribution >= 4 is 41.4 Å². The minimum absolute atomic E-state index is 0.0439. The summed E-state index contributed by atoms with van der Waals surface area (Å²) in [7, 11) is 0. The maximum absolute atomic E-state index is 12.6. The second kappa shape index (κ2) is 14.0. The molecule has 2 aromatic heterocycles. The third-order valence-corrected chi connectivity index (χ3v) is 5.51. The molecule has 0 aromatic carbocycles. The van der Waals surface area contributed by atoms with Crippen LogP contribution in [0.5, 0.6) is 0 Å². The van der Waals surface area contributed by atoms with Gasteiger partial charge in [0, 0.05) is 19.3 Å². The van der Waals surface area contributed by atoms with E-state index in [1.54, 1.807) is 37.6 Å². The second-order valence-electron chi connectivity index (χ2n) is 9.87. The summed E-state index contributed by atoms with van der Waals surface area (Å²) in [6.07, 6.45) is 1.17. The van der Waals surface area contributed by atoms with Crippen molar-refractivity contribution in [1.29, 1.82) is 0 Å². The molecule has 2 aromatic rings. The summed E-state index contributed by atoms with van der Waals surface area (Å²) in [5.41, 5.74) is -0.244. The Bertz CT molecular complexity index is 1230. The van der Waals surface area contributed by atoms with Gasteiger partial charge in [-0.15, -0.1) is 0 Å². The molecule has 0 saturated heterocycles. The average Bonchev–Trinajstić information content (AvgIpc) is 3.21. The molecular weight excluding hydrogens is 518 g/mol. The third-order valence-electron chi connectivity index (χ3n) is 5.19. The van der Waals surface area contributed by atoms with Crippen LogP contribution in [-0.2, 0) is 32.3 Å². The Morgan fingerprint density at radius 2 is 1.89 bits per heavy atom. The lowest BCUT2D eigenvalue weighted by Crippen LogP contribution is -2.41. The SMILES string of the molecule is CC(C)OCCn1c(=S)[nH]c(=O)c2c1ccn2COC(=O)N[C@@H](CCCCNC(=O)OC(C)(C)C)C(=O)O. The summed E-state index contributed by atoms with van der Waals surface area (Å²) in [5, 5.41) is 14.4. The Kier molecular flexibility index (Phi) is 11.3. The average molecular weight is 556 g/mol. The molecule has 4 N–H and O–H groups in total. The number of H-pyrrole nitrogens is 1. The Balaban J connectivity index is 1.91. The van der Waals surface area contributed by atoms with E-state index in [1.165, 1.54) is 4.57 Å². The third kappa shape index (κ3) is 9.82. The van der Waals surface area contributed by atoms with Gasteiger partial charge in [-0.1, -0.05) is 0 Å². The van der Waals surface area contributed by atoms with E-state index in [0.29, 0.717) is 38.1 Å². The van der Waals surface area contributed by atoms with E-state index in [-0.39, 0.29) is 29.5 Å². The number of nitrogens with one attached hydrogen (secondary N) is 3. The van der Waals surface area contributed by atoms with Crippen LogP contribution in [0, 0.1) is 4.77 Å². The summed E-state index contributed by atoms with van der Waals surface area (Å²) in [6, 6.07) is 0.502. The number of alkyl carbamates (subject to hydrolysis) is 2. The van der Waals surface area contributed by atoms with Gasteiger partial charge in [0.1, 0.15) is 17.2 Å². The molecule has 1 atom stereocenters. The van der Waals surface area contributed by atoms with Crippen LogP contribution in [-0.4, -0.2) is 68.3 Å². The van der Waals surface area contributed by atoms with Gasteiger partial charge in [0.15, 0.2) is 11.5 Å². The predicted molar refractivity (Wildman–Crippen MR) is 142 cm³/mol. The van der Waals surface area contributed by atoms with Crippen LogP contribution in [0.4, 0.5) is 9.59 Å². The summed E-state index contributed by atoms with van der Waals surface area (Å²) < 4.78 is 19.3. The molecule has 0 radical (unpaired) electrons. The number of amides is 2. The normalized spacial score (nSPS) is 12.4. The van der Waals surface area contributed by atoms with E-state index in [0.717, 1.165) is 0 Å². The van der Waals surface area contributed by atoms with Crippen LogP contribution in [0.1, 0.15) is 53.9 Å². The van der Waals surface area contributed by atoms with E-state index >= 15 is 0 Å². The number of carbonyl (C=O) groups excluding carboxylic acids is 2. The molecule has 0 spiro atoms. The van der Waals surface area contributed by atoms with Crippen molar-refractivity contribution in [2.45, 2.75) is 84.9 Å². The maximum atomic E-state index is 12.6. The lowest BCUT2D eigenvalue weighted by atomic mass is 10.1. The molecular formula is C24H37N5O8S. The number of nitrogens with zero attached hydrogens (tertiary/aromatic N) is 2. The predicted octanol–water partition coefficient (Wildman–Crippen LogP) is 3.12. The molecule has 0 unspecified atom stereocenters. The smallest absolute Gasteiger partial charge is 0.409 e. The largest absolute Gasteiger partial charge is 0.480 e. The van der Waals surface area contributed by atoms with E-state index in [2.05, 4.69) is 15.6 Å². The van der Waals surface area contributed by atoms with Crippen molar-refractivity contribution in [2.24, 2.45) is 0 Å². The van der Waals surface area contributed by atoms with Gasteiger partial charge >= 0.3 is 18.2 Å². The Morgan fingerprint density at radius 3 is 2.53 bits per heavy atom. The molecule has 13 nitrogen and oxygen atoms in total. The number of carboxylic acid groups (broad SMARTS) is 1. The number of aromatic nitrogens is 3. The van der Waals surface area contributed by atoms with Crippen molar-refractivity contribution in [3.8, 4) is 0 Å².